The molecule has 86 heavy (non-hydrogen) atoms. The van der Waals surface area contributed by atoms with Crippen molar-refractivity contribution in [3.8, 4) is 0 Å². The molecule has 3 N–H and O–H groups in total. The number of phosphoric acid groups is 2. The van der Waals surface area contributed by atoms with Gasteiger partial charge in [-0.25, -0.2) is 9.13 Å². The number of rotatable bonds is 66. The van der Waals surface area contributed by atoms with Crippen molar-refractivity contribution in [2.24, 2.45) is 11.8 Å². The van der Waals surface area contributed by atoms with Gasteiger partial charge in [0.1, 0.15) is 19.3 Å². The first-order valence-corrected chi connectivity index (χ1v) is 38.0. The summed E-state index contributed by atoms with van der Waals surface area (Å²) < 4.78 is 67.9. The summed E-state index contributed by atoms with van der Waals surface area (Å²) in [5.41, 5.74) is 0. The fourth-order valence-corrected chi connectivity index (χ4v) is 11.6. The van der Waals surface area contributed by atoms with E-state index in [0.717, 1.165) is 108 Å². The quantitative estimate of drug-likeness (QED) is 0.0222. The zero-order chi connectivity index (χ0) is 63.6. The second-order valence-corrected chi connectivity index (χ2v) is 28.1. The molecule has 0 fully saturated rings. The molecule has 510 valence electrons. The lowest BCUT2D eigenvalue weighted by Crippen LogP contribution is -2.30. The van der Waals surface area contributed by atoms with E-state index in [4.69, 9.17) is 37.0 Å². The molecule has 0 bridgehead atoms. The third-order valence-corrected chi connectivity index (χ3v) is 17.4. The zero-order valence-corrected chi connectivity index (χ0v) is 57.4. The second-order valence-electron chi connectivity index (χ2n) is 25.2. The van der Waals surface area contributed by atoms with Gasteiger partial charge in [0.15, 0.2) is 12.2 Å². The van der Waals surface area contributed by atoms with Crippen LogP contribution in [-0.2, 0) is 65.4 Å². The fraction of sp³-hybridized carbons (Fsp3) is 0.940. The van der Waals surface area contributed by atoms with Crippen LogP contribution in [-0.4, -0.2) is 96.7 Å². The van der Waals surface area contributed by atoms with E-state index in [1.165, 1.54) is 148 Å². The van der Waals surface area contributed by atoms with E-state index in [0.29, 0.717) is 25.7 Å². The Kier molecular flexibility index (Phi) is 58.0. The van der Waals surface area contributed by atoms with Crippen LogP contribution in [0.3, 0.4) is 0 Å². The van der Waals surface area contributed by atoms with Crippen LogP contribution in [0.2, 0.25) is 0 Å². The number of carbonyl (C=O) groups is 4. The number of aliphatic hydroxyl groups excluding tert-OH is 1. The maximum Gasteiger partial charge on any atom is 0.472 e. The van der Waals surface area contributed by atoms with Gasteiger partial charge in [-0.3, -0.25) is 37.3 Å². The van der Waals surface area contributed by atoms with Gasteiger partial charge in [-0.05, 0) is 37.5 Å². The lowest BCUT2D eigenvalue weighted by atomic mass is 10.0. The van der Waals surface area contributed by atoms with E-state index < -0.39 is 97.5 Å². The number of hydrogen-bond donors (Lipinski definition) is 3. The highest BCUT2D eigenvalue weighted by molar-refractivity contribution is 7.47. The third kappa shape index (κ3) is 60.9. The maximum absolute atomic E-state index is 13.0. The van der Waals surface area contributed by atoms with E-state index in [-0.39, 0.29) is 25.7 Å². The normalized spacial score (nSPS) is 14.2. The molecular weight excluding hydrogens is 1140 g/mol. The van der Waals surface area contributed by atoms with Crippen LogP contribution in [0.1, 0.15) is 337 Å². The molecule has 0 amide bonds. The minimum atomic E-state index is -4.95. The van der Waals surface area contributed by atoms with Gasteiger partial charge in [0.2, 0.25) is 0 Å². The Morgan fingerprint density at radius 3 is 0.791 bits per heavy atom. The smallest absolute Gasteiger partial charge is 0.462 e. The van der Waals surface area contributed by atoms with E-state index in [9.17, 15) is 43.2 Å². The van der Waals surface area contributed by atoms with Crippen molar-refractivity contribution in [2.75, 3.05) is 39.6 Å². The molecule has 0 radical (unpaired) electrons. The lowest BCUT2D eigenvalue weighted by molar-refractivity contribution is -0.161. The molecule has 0 aromatic heterocycles. The molecule has 0 heterocycles. The van der Waals surface area contributed by atoms with Crippen molar-refractivity contribution in [1.82, 2.24) is 0 Å². The average molecular weight is 1270 g/mol. The Hall–Kier alpha value is -1.94. The van der Waals surface area contributed by atoms with E-state index in [2.05, 4.69) is 41.5 Å². The minimum Gasteiger partial charge on any atom is -0.462 e. The summed E-state index contributed by atoms with van der Waals surface area (Å²) in [7, 11) is -9.88. The molecule has 0 rings (SSSR count). The molecule has 0 aromatic carbocycles. The van der Waals surface area contributed by atoms with Gasteiger partial charge in [-0.2, -0.15) is 0 Å². The largest absolute Gasteiger partial charge is 0.472 e. The first-order chi connectivity index (χ1) is 41.4. The van der Waals surface area contributed by atoms with Crippen molar-refractivity contribution < 1.29 is 80.2 Å². The van der Waals surface area contributed by atoms with Crippen LogP contribution in [0.5, 0.6) is 0 Å². The van der Waals surface area contributed by atoms with E-state index in [1.807, 2.05) is 0 Å². The van der Waals surface area contributed by atoms with Crippen LogP contribution in [0.4, 0.5) is 0 Å². The Labute approximate surface area is 524 Å². The number of hydrogen-bond acceptors (Lipinski definition) is 15. The summed E-state index contributed by atoms with van der Waals surface area (Å²) in [4.78, 5) is 72.1. The van der Waals surface area contributed by atoms with Crippen LogP contribution >= 0.6 is 15.6 Å². The number of unbranched alkanes of at least 4 members (excludes halogenated alkanes) is 36. The highest BCUT2D eigenvalue weighted by Crippen LogP contribution is 2.45. The Morgan fingerprint density at radius 1 is 0.314 bits per heavy atom. The third-order valence-electron chi connectivity index (χ3n) is 15.5. The number of ether oxygens (including phenoxy) is 4. The second kappa shape index (κ2) is 59.4. The van der Waals surface area contributed by atoms with Crippen LogP contribution in [0.25, 0.3) is 0 Å². The van der Waals surface area contributed by atoms with Gasteiger partial charge in [-0.1, -0.05) is 286 Å². The van der Waals surface area contributed by atoms with Crippen molar-refractivity contribution >= 4 is 39.5 Å². The Bertz CT molecular complexity index is 1680. The summed E-state index contributed by atoms with van der Waals surface area (Å²) in [6.45, 7) is 9.46. The molecule has 0 spiro atoms. The molecule has 0 aliphatic rings. The highest BCUT2D eigenvalue weighted by Gasteiger charge is 2.30. The predicted molar refractivity (Wildman–Crippen MR) is 345 cm³/mol. The number of esters is 4. The van der Waals surface area contributed by atoms with Crippen molar-refractivity contribution in [2.45, 2.75) is 355 Å². The molecule has 0 saturated heterocycles. The topological polar surface area (TPSA) is 237 Å². The fourth-order valence-electron chi connectivity index (χ4n) is 10.1. The molecule has 0 aliphatic heterocycles. The van der Waals surface area contributed by atoms with Gasteiger partial charge >= 0.3 is 39.5 Å². The zero-order valence-electron chi connectivity index (χ0n) is 55.6. The van der Waals surface area contributed by atoms with E-state index >= 15 is 0 Å². The van der Waals surface area contributed by atoms with Crippen molar-refractivity contribution in [3.05, 3.63) is 0 Å². The van der Waals surface area contributed by atoms with Gasteiger partial charge in [0, 0.05) is 25.7 Å². The predicted octanol–water partition coefficient (Wildman–Crippen LogP) is 18.8. The minimum absolute atomic E-state index is 0.105. The van der Waals surface area contributed by atoms with Gasteiger partial charge in [0.05, 0.1) is 26.4 Å². The molecule has 0 aromatic rings. The number of phosphoric ester groups is 2. The molecule has 19 heteroatoms. The van der Waals surface area contributed by atoms with Crippen molar-refractivity contribution in [3.63, 3.8) is 0 Å². The first kappa shape index (κ1) is 84.1. The first-order valence-electron chi connectivity index (χ1n) is 35.0. The standard InChI is InChI=1S/C67H130O17P2/c1-7-9-11-13-14-15-27-33-39-45-51-66(71)83-62(55-77-64(69)49-43-35-12-10-8-2)57-81-85(73,74)79-53-61(68)54-80-86(75,76)82-58-63(56-78-65(70)50-44-38-32-28-23-20-19-22-26-31-37-42-48-60(5)6)84-67(72)52-46-40-34-29-24-18-16-17-21-25-30-36-41-47-59(3)4/h59-63,68H,7-58H2,1-6H3,(H,73,74)(H,75,76)/t61-,62+,63+/m0/s1. The van der Waals surface area contributed by atoms with Crippen LogP contribution < -0.4 is 0 Å². The molecule has 2 unspecified atom stereocenters. The summed E-state index contributed by atoms with van der Waals surface area (Å²) in [6, 6.07) is 0. The van der Waals surface area contributed by atoms with E-state index in [1.54, 1.807) is 0 Å². The van der Waals surface area contributed by atoms with Gasteiger partial charge < -0.3 is 33.8 Å². The number of carbonyl (C=O) groups excluding carboxylic acids is 4. The van der Waals surface area contributed by atoms with Gasteiger partial charge in [0.25, 0.3) is 0 Å². The molecule has 5 atom stereocenters. The average Bonchev–Trinajstić information content (AvgIpc) is 3.69. The Morgan fingerprint density at radius 2 is 0.535 bits per heavy atom. The highest BCUT2D eigenvalue weighted by atomic mass is 31.2. The monoisotopic (exact) mass is 1270 g/mol. The summed E-state index contributed by atoms with van der Waals surface area (Å²) >= 11 is 0. The molecule has 0 aliphatic carbocycles. The van der Waals surface area contributed by atoms with Gasteiger partial charge in [-0.15, -0.1) is 0 Å². The summed E-state index contributed by atoms with van der Waals surface area (Å²) in [6.07, 6.45) is 43.4. The lowest BCUT2D eigenvalue weighted by Gasteiger charge is -2.21. The number of aliphatic hydroxyl groups is 1. The molecule has 0 saturated carbocycles. The summed E-state index contributed by atoms with van der Waals surface area (Å²) in [5.74, 6) is -0.571. The molecular formula is C67H130O17P2. The Balaban J connectivity index is 5.16. The SMILES string of the molecule is CCCCCCCCCCCCC(=O)O[C@H](COC(=O)CCCCCCC)COP(=O)(O)OC[C@H](O)COP(=O)(O)OC[C@@H](COC(=O)CCCCCCCCCCCCCCC(C)C)OC(=O)CCCCCCCCCCCCCCCC(C)C. The van der Waals surface area contributed by atoms with Crippen LogP contribution in [0, 0.1) is 11.8 Å². The summed E-state index contributed by atoms with van der Waals surface area (Å²) in [5, 5.41) is 10.5. The van der Waals surface area contributed by atoms with Crippen LogP contribution in [0.15, 0.2) is 0 Å². The van der Waals surface area contributed by atoms with Crippen molar-refractivity contribution in [1.29, 1.82) is 0 Å². The molecule has 17 nitrogen and oxygen atoms in total. The maximum atomic E-state index is 13.0.